The zero-order chi connectivity index (χ0) is 15.7. The SMILES string of the molecule is CC1=NN(c2ccc([N+](=O)[O-])cc2)C(=O)C1=Cc1ccco1. The second-order valence-corrected chi connectivity index (χ2v) is 4.65. The van der Waals surface area contributed by atoms with Crippen molar-refractivity contribution in [2.45, 2.75) is 6.92 Å². The second-order valence-electron chi connectivity index (χ2n) is 4.65. The first kappa shape index (κ1) is 13.7. The van der Waals surface area contributed by atoms with Crippen molar-refractivity contribution in [3.05, 3.63) is 64.1 Å². The summed E-state index contributed by atoms with van der Waals surface area (Å²) in [5.74, 6) is 0.256. The minimum atomic E-state index is -0.494. The van der Waals surface area contributed by atoms with Crippen LogP contribution in [0.15, 0.2) is 57.8 Å². The van der Waals surface area contributed by atoms with Crippen molar-refractivity contribution in [1.82, 2.24) is 0 Å². The Morgan fingerprint density at radius 1 is 1.27 bits per heavy atom. The quantitative estimate of drug-likeness (QED) is 0.495. The van der Waals surface area contributed by atoms with E-state index < -0.39 is 4.92 Å². The van der Waals surface area contributed by atoms with Gasteiger partial charge in [-0.1, -0.05) is 0 Å². The molecule has 22 heavy (non-hydrogen) atoms. The summed E-state index contributed by atoms with van der Waals surface area (Å²) in [5, 5.41) is 16.1. The Kier molecular flexibility index (Phi) is 3.30. The van der Waals surface area contributed by atoms with Crippen molar-refractivity contribution >= 4 is 29.1 Å². The van der Waals surface area contributed by atoms with Gasteiger partial charge in [-0.25, -0.2) is 0 Å². The lowest BCUT2D eigenvalue weighted by Crippen LogP contribution is -2.21. The number of carbonyl (C=O) groups excluding carboxylic acids is 1. The summed E-state index contributed by atoms with van der Waals surface area (Å²) in [6.45, 7) is 1.72. The van der Waals surface area contributed by atoms with E-state index in [1.165, 1.54) is 35.5 Å². The number of anilines is 1. The van der Waals surface area contributed by atoms with Crippen LogP contribution < -0.4 is 5.01 Å². The van der Waals surface area contributed by atoms with Gasteiger partial charge in [0.15, 0.2) is 0 Å². The number of nitro groups is 1. The van der Waals surface area contributed by atoms with Gasteiger partial charge in [0, 0.05) is 12.1 Å². The van der Waals surface area contributed by atoms with E-state index in [9.17, 15) is 14.9 Å². The summed E-state index contributed by atoms with van der Waals surface area (Å²) in [4.78, 5) is 22.6. The molecule has 0 bridgehead atoms. The van der Waals surface area contributed by atoms with Gasteiger partial charge < -0.3 is 4.42 Å². The van der Waals surface area contributed by atoms with Crippen molar-refractivity contribution < 1.29 is 14.1 Å². The summed E-state index contributed by atoms with van der Waals surface area (Å²) < 4.78 is 5.20. The van der Waals surface area contributed by atoms with Crippen LogP contribution >= 0.6 is 0 Å². The van der Waals surface area contributed by atoms with Crippen LogP contribution in [0, 0.1) is 10.1 Å². The van der Waals surface area contributed by atoms with Gasteiger partial charge in [0.1, 0.15) is 5.76 Å². The molecule has 1 aromatic carbocycles. The molecular formula is C15H11N3O4. The van der Waals surface area contributed by atoms with Crippen molar-refractivity contribution in [1.29, 1.82) is 0 Å². The monoisotopic (exact) mass is 297 g/mol. The lowest BCUT2D eigenvalue weighted by atomic mass is 10.1. The summed E-state index contributed by atoms with van der Waals surface area (Å²) in [5.41, 5.74) is 1.41. The van der Waals surface area contributed by atoms with Crippen LogP contribution in [0.1, 0.15) is 12.7 Å². The summed E-state index contributed by atoms with van der Waals surface area (Å²) in [6, 6.07) is 9.11. The molecule has 0 atom stereocenters. The number of non-ortho nitro benzene ring substituents is 1. The van der Waals surface area contributed by atoms with E-state index in [1.54, 1.807) is 25.1 Å². The lowest BCUT2D eigenvalue weighted by molar-refractivity contribution is -0.384. The largest absolute Gasteiger partial charge is 0.465 e. The normalized spacial score (nSPS) is 16.2. The third kappa shape index (κ3) is 2.39. The van der Waals surface area contributed by atoms with Crippen LogP contribution in [0.25, 0.3) is 6.08 Å². The standard InChI is InChI=1S/C15H11N3O4/c1-10-14(9-13-3-2-8-22-13)15(19)17(16-10)11-4-6-12(7-5-11)18(20)21/h2-9H,1H3. The number of amides is 1. The first-order valence-electron chi connectivity index (χ1n) is 6.46. The van der Waals surface area contributed by atoms with E-state index in [-0.39, 0.29) is 11.6 Å². The molecule has 0 saturated carbocycles. The molecule has 0 spiro atoms. The molecule has 0 radical (unpaired) electrons. The molecule has 1 amide bonds. The number of nitrogens with zero attached hydrogens (tertiary/aromatic N) is 3. The highest BCUT2D eigenvalue weighted by Gasteiger charge is 2.29. The van der Waals surface area contributed by atoms with Crippen LogP contribution in [-0.4, -0.2) is 16.5 Å². The Labute approximate surface area is 125 Å². The van der Waals surface area contributed by atoms with Crippen LogP contribution in [0.4, 0.5) is 11.4 Å². The fourth-order valence-corrected chi connectivity index (χ4v) is 2.09. The van der Waals surface area contributed by atoms with Gasteiger partial charge in [0.05, 0.1) is 28.2 Å². The van der Waals surface area contributed by atoms with Gasteiger partial charge in [-0.3, -0.25) is 14.9 Å². The van der Waals surface area contributed by atoms with Gasteiger partial charge in [0.25, 0.3) is 11.6 Å². The molecule has 0 aliphatic carbocycles. The number of furan rings is 1. The molecule has 1 aromatic heterocycles. The highest BCUT2D eigenvalue weighted by atomic mass is 16.6. The molecule has 1 aliphatic rings. The number of benzene rings is 1. The van der Waals surface area contributed by atoms with E-state index in [0.717, 1.165) is 0 Å². The first-order chi connectivity index (χ1) is 10.6. The Hall–Kier alpha value is -3.22. The minimum Gasteiger partial charge on any atom is -0.465 e. The Balaban J connectivity index is 1.91. The van der Waals surface area contributed by atoms with Crippen molar-refractivity contribution in [3.63, 3.8) is 0 Å². The highest BCUT2D eigenvalue weighted by Crippen LogP contribution is 2.26. The van der Waals surface area contributed by atoms with Crippen LogP contribution in [0.5, 0.6) is 0 Å². The molecule has 0 saturated heterocycles. The van der Waals surface area contributed by atoms with E-state index >= 15 is 0 Å². The fraction of sp³-hybridized carbons (Fsp3) is 0.0667. The minimum absolute atomic E-state index is 0.0394. The number of hydrogen-bond acceptors (Lipinski definition) is 5. The molecule has 2 heterocycles. The van der Waals surface area contributed by atoms with Gasteiger partial charge >= 0.3 is 0 Å². The number of nitro benzene ring substituents is 1. The number of rotatable bonds is 3. The molecule has 0 N–H and O–H groups in total. The number of hydrogen-bond donors (Lipinski definition) is 0. The number of carbonyl (C=O) groups is 1. The third-order valence-electron chi connectivity index (χ3n) is 3.20. The van der Waals surface area contributed by atoms with Crippen LogP contribution in [-0.2, 0) is 4.79 Å². The summed E-state index contributed by atoms with van der Waals surface area (Å²) in [6.07, 6.45) is 3.14. The molecule has 7 nitrogen and oxygen atoms in total. The third-order valence-corrected chi connectivity index (χ3v) is 3.20. The van der Waals surface area contributed by atoms with Gasteiger partial charge in [-0.15, -0.1) is 0 Å². The molecule has 1 aliphatic heterocycles. The molecular weight excluding hydrogens is 286 g/mol. The molecule has 2 aromatic rings. The van der Waals surface area contributed by atoms with Crippen LogP contribution in [0.2, 0.25) is 0 Å². The summed E-state index contributed by atoms with van der Waals surface area (Å²) >= 11 is 0. The van der Waals surface area contributed by atoms with Crippen molar-refractivity contribution in [2.75, 3.05) is 5.01 Å². The molecule has 0 unspecified atom stereocenters. The van der Waals surface area contributed by atoms with Crippen LogP contribution in [0.3, 0.4) is 0 Å². The molecule has 0 fully saturated rings. The molecule has 7 heteroatoms. The maximum absolute atomic E-state index is 12.4. The Morgan fingerprint density at radius 3 is 2.59 bits per heavy atom. The average molecular weight is 297 g/mol. The predicted octanol–water partition coefficient (Wildman–Crippen LogP) is 2.99. The molecule has 3 rings (SSSR count). The van der Waals surface area contributed by atoms with E-state index in [1.807, 2.05) is 0 Å². The van der Waals surface area contributed by atoms with Crippen molar-refractivity contribution in [2.24, 2.45) is 5.10 Å². The van der Waals surface area contributed by atoms with E-state index in [4.69, 9.17) is 4.42 Å². The van der Waals surface area contributed by atoms with Gasteiger partial charge in [-0.05, 0) is 37.3 Å². The van der Waals surface area contributed by atoms with E-state index in [0.29, 0.717) is 22.7 Å². The molecule has 110 valence electrons. The zero-order valence-corrected chi connectivity index (χ0v) is 11.6. The Morgan fingerprint density at radius 2 is 2.00 bits per heavy atom. The van der Waals surface area contributed by atoms with Crippen molar-refractivity contribution in [3.8, 4) is 0 Å². The Bertz CT molecular complexity index is 789. The second kappa shape index (κ2) is 5.28. The smallest absolute Gasteiger partial charge is 0.280 e. The zero-order valence-electron chi connectivity index (χ0n) is 11.6. The number of hydrazone groups is 1. The maximum atomic E-state index is 12.4. The lowest BCUT2D eigenvalue weighted by Gasteiger charge is -2.11. The van der Waals surface area contributed by atoms with Gasteiger partial charge in [-0.2, -0.15) is 10.1 Å². The highest BCUT2D eigenvalue weighted by molar-refractivity contribution is 6.32. The first-order valence-corrected chi connectivity index (χ1v) is 6.46. The van der Waals surface area contributed by atoms with E-state index in [2.05, 4.69) is 5.10 Å². The topological polar surface area (TPSA) is 89.0 Å². The van der Waals surface area contributed by atoms with Gasteiger partial charge in [0.2, 0.25) is 0 Å². The fourth-order valence-electron chi connectivity index (χ4n) is 2.09. The summed E-state index contributed by atoms with van der Waals surface area (Å²) in [7, 11) is 0. The maximum Gasteiger partial charge on any atom is 0.280 e. The average Bonchev–Trinajstić information content (AvgIpc) is 3.11. The predicted molar refractivity (Wildman–Crippen MR) is 80.4 cm³/mol.